The summed E-state index contributed by atoms with van der Waals surface area (Å²) in [6, 6.07) is 14.2. The highest BCUT2D eigenvalue weighted by Crippen LogP contribution is 2.54. The first-order chi connectivity index (χ1) is 14.9. The van der Waals surface area contributed by atoms with Crippen LogP contribution in [0.25, 0.3) is 0 Å². The maximum atomic E-state index is 12.0. The summed E-state index contributed by atoms with van der Waals surface area (Å²) in [6.07, 6.45) is 9.57. The van der Waals surface area contributed by atoms with E-state index in [2.05, 4.69) is 27.2 Å². The van der Waals surface area contributed by atoms with E-state index in [1.807, 2.05) is 56.6 Å². The van der Waals surface area contributed by atoms with Crippen molar-refractivity contribution in [1.82, 2.24) is 19.7 Å². The monoisotopic (exact) mass is 424 g/mol. The Bertz CT molecular complexity index is 885. The number of aromatic amines is 1. The van der Waals surface area contributed by atoms with E-state index in [-0.39, 0.29) is 5.92 Å². The van der Waals surface area contributed by atoms with Crippen molar-refractivity contribution in [2.45, 2.75) is 51.0 Å². The lowest BCUT2D eigenvalue weighted by Gasteiger charge is -2.50. The van der Waals surface area contributed by atoms with Gasteiger partial charge in [-0.15, -0.1) is 0 Å². The van der Waals surface area contributed by atoms with E-state index in [0.717, 1.165) is 19.3 Å². The van der Waals surface area contributed by atoms with Crippen LogP contribution in [0.3, 0.4) is 0 Å². The highest BCUT2D eigenvalue weighted by molar-refractivity contribution is 5.19. The molecule has 1 aliphatic carbocycles. The molecule has 2 aliphatic rings. The van der Waals surface area contributed by atoms with Crippen LogP contribution in [0, 0.1) is 11.3 Å². The van der Waals surface area contributed by atoms with Crippen molar-refractivity contribution in [1.29, 1.82) is 0 Å². The van der Waals surface area contributed by atoms with Crippen LogP contribution in [0.1, 0.15) is 32.3 Å². The van der Waals surface area contributed by atoms with E-state index >= 15 is 0 Å². The Kier molecular flexibility index (Phi) is 6.27. The smallest absolute Gasteiger partial charge is 0.162 e. The van der Waals surface area contributed by atoms with Crippen molar-refractivity contribution >= 4 is 0 Å². The van der Waals surface area contributed by atoms with Crippen LogP contribution < -0.4 is 0 Å². The molecule has 7 nitrogen and oxygen atoms in total. The topological polar surface area (TPSA) is 85.2 Å². The third kappa shape index (κ3) is 4.74. The van der Waals surface area contributed by atoms with Crippen LogP contribution in [0.2, 0.25) is 0 Å². The summed E-state index contributed by atoms with van der Waals surface area (Å²) in [5, 5.41) is 16.2. The van der Waals surface area contributed by atoms with Crippen LogP contribution in [-0.2, 0) is 22.4 Å². The van der Waals surface area contributed by atoms with E-state index in [0.29, 0.717) is 19.8 Å². The molecule has 2 atom stereocenters. The largest absolute Gasteiger partial charge is 0.387 e. The predicted octanol–water partition coefficient (Wildman–Crippen LogP) is 3.45. The summed E-state index contributed by atoms with van der Waals surface area (Å²) in [4.78, 5) is 6.90. The van der Waals surface area contributed by atoms with Crippen LogP contribution >= 0.6 is 0 Å². The van der Waals surface area contributed by atoms with Crippen LogP contribution in [-0.4, -0.2) is 49.5 Å². The van der Waals surface area contributed by atoms with E-state index in [9.17, 15) is 5.11 Å². The third-order valence-electron chi connectivity index (χ3n) is 6.65. The Morgan fingerprint density at radius 2 is 1.81 bits per heavy atom. The van der Waals surface area contributed by atoms with Gasteiger partial charge in [-0.1, -0.05) is 30.3 Å². The minimum absolute atomic E-state index is 0.113. The summed E-state index contributed by atoms with van der Waals surface area (Å²) in [5.41, 5.74) is -0.148. The zero-order valence-electron chi connectivity index (χ0n) is 18.3. The van der Waals surface area contributed by atoms with Gasteiger partial charge in [0.25, 0.3) is 0 Å². The van der Waals surface area contributed by atoms with E-state index in [1.165, 1.54) is 11.9 Å². The van der Waals surface area contributed by atoms with Gasteiger partial charge in [0.1, 0.15) is 12.7 Å². The molecular formula is C24H32N4O3. The summed E-state index contributed by atoms with van der Waals surface area (Å²) in [7, 11) is 0. The van der Waals surface area contributed by atoms with Crippen molar-refractivity contribution in [3.05, 3.63) is 73.1 Å². The Labute approximate surface area is 183 Å². The number of aliphatic hydroxyl groups is 1. The molecule has 2 unspecified atom stereocenters. The predicted molar refractivity (Wildman–Crippen MR) is 117 cm³/mol. The lowest BCUT2D eigenvalue weighted by atomic mass is 9.70. The molecule has 31 heavy (non-hydrogen) atoms. The first kappa shape index (κ1) is 21.7. The van der Waals surface area contributed by atoms with Gasteiger partial charge in [0.15, 0.2) is 5.79 Å². The van der Waals surface area contributed by atoms with Gasteiger partial charge in [-0.2, -0.15) is 5.10 Å². The fourth-order valence-corrected chi connectivity index (χ4v) is 4.75. The van der Waals surface area contributed by atoms with Crippen LogP contribution in [0.5, 0.6) is 0 Å². The van der Waals surface area contributed by atoms with Crippen molar-refractivity contribution in [3.63, 3.8) is 0 Å². The number of hydrogen-bond acceptors (Lipinski definition) is 5. The SMILES string of the molecule is CC1(C)OCC2(CCC(Cc3ccccc3)C2(O)Cn2cncn2)CO1.c1cc[nH]c1. The maximum Gasteiger partial charge on any atom is 0.162 e. The molecule has 2 N–H and O–H groups in total. The average molecular weight is 425 g/mol. The number of hydrogen-bond donors (Lipinski definition) is 2. The Morgan fingerprint density at radius 3 is 2.39 bits per heavy atom. The summed E-state index contributed by atoms with van der Waals surface area (Å²) in [6.45, 7) is 5.24. The lowest BCUT2D eigenvalue weighted by Crippen LogP contribution is -2.60. The molecule has 1 aliphatic heterocycles. The molecule has 5 rings (SSSR count). The second kappa shape index (κ2) is 8.94. The van der Waals surface area contributed by atoms with Gasteiger partial charge in [-0.3, -0.25) is 4.68 Å². The number of aromatic nitrogens is 4. The molecule has 166 valence electrons. The molecule has 1 spiro atoms. The second-order valence-electron chi connectivity index (χ2n) is 9.09. The number of H-pyrrole nitrogens is 1. The number of nitrogens with zero attached hydrogens (tertiary/aromatic N) is 3. The highest BCUT2D eigenvalue weighted by Gasteiger charge is 2.62. The number of nitrogens with one attached hydrogen (secondary N) is 1. The fraction of sp³-hybridized carbons (Fsp3) is 0.500. The minimum atomic E-state index is -0.965. The van der Waals surface area contributed by atoms with Crippen molar-refractivity contribution in [2.75, 3.05) is 13.2 Å². The molecule has 1 saturated carbocycles. The number of benzene rings is 1. The summed E-state index contributed by atoms with van der Waals surface area (Å²) >= 11 is 0. The average Bonchev–Trinajstić information content (AvgIpc) is 3.53. The molecule has 2 aromatic heterocycles. The first-order valence-corrected chi connectivity index (χ1v) is 10.9. The van der Waals surface area contributed by atoms with E-state index < -0.39 is 16.8 Å². The normalized spacial score (nSPS) is 26.4. The Balaban J connectivity index is 0.000000407. The number of ether oxygens (including phenoxy) is 2. The Hall–Kier alpha value is -2.48. The van der Waals surface area contributed by atoms with Gasteiger partial charge in [0, 0.05) is 17.8 Å². The third-order valence-corrected chi connectivity index (χ3v) is 6.65. The van der Waals surface area contributed by atoms with Gasteiger partial charge >= 0.3 is 0 Å². The lowest BCUT2D eigenvalue weighted by molar-refractivity contribution is -0.313. The van der Waals surface area contributed by atoms with Gasteiger partial charge in [-0.05, 0) is 56.7 Å². The second-order valence-corrected chi connectivity index (χ2v) is 9.09. The van der Waals surface area contributed by atoms with Gasteiger partial charge in [-0.25, -0.2) is 4.98 Å². The van der Waals surface area contributed by atoms with E-state index in [4.69, 9.17) is 9.47 Å². The molecule has 3 heterocycles. The quantitative estimate of drug-likeness (QED) is 0.670. The van der Waals surface area contributed by atoms with Crippen LogP contribution in [0.4, 0.5) is 0 Å². The summed E-state index contributed by atoms with van der Waals surface area (Å²) < 4.78 is 13.7. The van der Waals surface area contributed by atoms with Gasteiger partial charge in [0.05, 0.1) is 25.4 Å². The zero-order valence-corrected chi connectivity index (χ0v) is 18.3. The fourth-order valence-electron chi connectivity index (χ4n) is 4.75. The minimum Gasteiger partial charge on any atom is -0.387 e. The molecule has 2 fully saturated rings. The first-order valence-electron chi connectivity index (χ1n) is 10.9. The molecule has 1 aromatic carbocycles. The molecule has 0 bridgehead atoms. The molecule has 3 aromatic rings. The molecule has 0 radical (unpaired) electrons. The van der Waals surface area contributed by atoms with Crippen molar-refractivity contribution < 1.29 is 14.6 Å². The molecular weight excluding hydrogens is 392 g/mol. The zero-order chi connectivity index (χ0) is 21.8. The maximum absolute atomic E-state index is 12.0. The van der Waals surface area contributed by atoms with Gasteiger partial charge < -0.3 is 19.6 Å². The summed E-state index contributed by atoms with van der Waals surface area (Å²) in [5.74, 6) is -0.487. The van der Waals surface area contributed by atoms with Crippen molar-refractivity contribution in [3.8, 4) is 0 Å². The van der Waals surface area contributed by atoms with Crippen molar-refractivity contribution in [2.24, 2.45) is 11.3 Å². The molecule has 7 heteroatoms. The van der Waals surface area contributed by atoms with E-state index in [1.54, 1.807) is 11.0 Å². The molecule has 1 saturated heterocycles. The molecule has 0 amide bonds. The van der Waals surface area contributed by atoms with Gasteiger partial charge in [0.2, 0.25) is 0 Å². The Morgan fingerprint density at radius 1 is 1.10 bits per heavy atom. The van der Waals surface area contributed by atoms with Crippen LogP contribution in [0.15, 0.2) is 67.5 Å². The number of rotatable bonds is 4. The standard InChI is InChI=1S/C20H27N3O3.C4H5N/c1-18(2)25-12-19(13-26-18)9-8-17(10-16-6-4-3-5-7-16)20(19,24)11-23-15-21-14-22-23;1-2-4-5-3-1/h3-7,14-15,17,24H,8-13H2,1-2H3;1-5H. The highest BCUT2D eigenvalue weighted by atomic mass is 16.7.